The van der Waals surface area contributed by atoms with Crippen molar-refractivity contribution in [3.05, 3.63) is 35.6 Å². The first-order chi connectivity index (χ1) is 8.69. The first kappa shape index (κ1) is 12.0. The molecule has 0 aromatic carbocycles. The second-order valence-corrected chi connectivity index (χ2v) is 3.54. The molecule has 2 aromatic rings. The van der Waals surface area contributed by atoms with Crippen LogP contribution >= 0.6 is 0 Å². The molecule has 0 saturated heterocycles. The highest BCUT2D eigenvalue weighted by atomic mass is 16.5. The van der Waals surface area contributed by atoms with Crippen LogP contribution in [0.3, 0.4) is 0 Å². The standard InChI is InChI=1S/C10H12N6O2/c1-6-2-7(16-18-6)3-14-10(17)8-4-13-9(15-11)5-12-8/h2,4-5H,3,11H2,1H3,(H,13,15)(H,14,17). The fourth-order valence-corrected chi connectivity index (χ4v) is 1.28. The average Bonchev–Trinajstić information content (AvgIpc) is 2.82. The van der Waals surface area contributed by atoms with Gasteiger partial charge < -0.3 is 15.3 Å². The molecule has 0 spiro atoms. The molecular formula is C10H12N6O2. The number of nitrogens with one attached hydrogen (secondary N) is 2. The Kier molecular flexibility index (Phi) is 3.49. The number of nitrogens with two attached hydrogens (primary N) is 1. The van der Waals surface area contributed by atoms with E-state index in [0.717, 1.165) is 0 Å². The first-order valence-corrected chi connectivity index (χ1v) is 5.18. The number of aromatic nitrogens is 3. The summed E-state index contributed by atoms with van der Waals surface area (Å²) in [4.78, 5) is 19.5. The Morgan fingerprint density at radius 3 is 2.83 bits per heavy atom. The molecule has 0 bridgehead atoms. The van der Waals surface area contributed by atoms with Gasteiger partial charge in [-0.1, -0.05) is 5.16 Å². The summed E-state index contributed by atoms with van der Waals surface area (Å²) in [5.41, 5.74) is 3.18. The number of hydrogen-bond donors (Lipinski definition) is 3. The van der Waals surface area contributed by atoms with Gasteiger partial charge in [-0.25, -0.2) is 15.8 Å². The molecule has 18 heavy (non-hydrogen) atoms. The molecule has 0 aliphatic carbocycles. The number of rotatable bonds is 4. The van der Waals surface area contributed by atoms with Crippen molar-refractivity contribution >= 4 is 11.7 Å². The SMILES string of the molecule is Cc1cc(CNC(=O)c2cnc(NN)cn2)no1. The Morgan fingerprint density at radius 1 is 1.44 bits per heavy atom. The van der Waals surface area contributed by atoms with E-state index in [9.17, 15) is 4.79 Å². The number of hydrogen-bond acceptors (Lipinski definition) is 7. The van der Waals surface area contributed by atoms with Gasteiger partial charge in [-0.2, -0.15) is 0 Å². The number of nitrogens with zero attached hydrogens (tertiary/aromatic N) is 3. The van der Waals surface area contributed by atoms with Crippen molar-refractivity contribution in [1.29, 1.82) is 0 Å². The van der Waals surface area contributed by atoms with Crippen LogP contribution in [0.25, 0.3) is 0 Å². The second kappa shape index (κ2) is 5.23. The molecule has 2 aromatic heterocycles. The Bertz CT molecular complexity index is 536. The van der Waals surface area contributed by atoms with E-state index in [2.05, 4.69) is 25.9 Å². The molecule has 0 fully saturated rings. The maximum absolute atomic E-state index is 11.7. The van der Waals surface area contributed by atoms with Crippen LogP contribution in [0.2, 0.25) is 0 Å². The molecule has 0 aliphatic rings. The van der Waals surface area contributed by atoms with Gasteiger partial charge >= 0.3 is 0 Å². The van der Waals surface area contributed by atoms with Gasteiger partial charge in [0.2, 0.25) is 0 Å². The van der Waals surface area contributed by atoms with Gasteiger partial charge in [0.1, 0.15) is 17.1 Å². The molecule has 8 nitrogen and oxygen atoms in total. The van der Waals surface area contributed by atoms with Crippen molar-refractivity contribution in [3.8, 4) is 0 Å². The van der Waals surface area contributed by atoms with E-state index in [-0.39, 0.29) is 18.1 Å². The summed E-state index contributed by atoms with van der Waals surface area (Å²) in [5.74, 6) is 5.88. The highest BCUT2D eigenvalue weighted by molar-refractivity contribution is 5.91. The minimum atomic E-state index is -0.341. The lowest BCUT2D eigenvalue weighted by atomic mass is 10.3. The van der Waals surface area contributed by atoms with Crippen molar-refractivity contribution in [3.63, 3.8) is 0 Å². The van der Waals surface area contributed by atoms with Crippen LogP contribution in [0.15, 0.2) is 23.0 Å². The lowest BCUT2D eigenvalue weighted by Crippen LogP contribution is -2.24. The molecule has 2 heterocycles. The maximum Gasteiger partial charge on any atom is 0.271 e. The normalized spacial score (nSPS) is 10.1. The van der Waals surface area contributed by atoms with Crippen molar-refractivity contribution in [2.45, 2.75) is 13.5 Å². The van der Waals surface area contributed by atoms with Gasteiger partial charge in [0.25, 0.3) is 5.91 Å². The Labute approximate surface area is 103 Å². The van der Waals surface area contributed by atoms with E-state index in [0.29, 0.717) is 17.3 Å². The number of carbonyl (C=O) groups excluding carboxylic acids is 1. The summed E-state index contributed by atoms with van der Waals surface area (Å²) in [5, 5.41) is 6.41. The van der Waals surface area contributed by atoms with Crippen LogP contribution in [0.1, 0.15) is 21.9 Å². The molecular weight excluding hydrogens is 236 g/mol. The zero-order valence-corrected chi connectivity index (χ0v) is 9.67. The monoisotopic (exact) mass is 248 g/mol. The lowest BCUT2D eigenvalue weighted by molar-refractivity contribution is 0.0944. The summed E-state index contributed by atoms with van der Waals surface area (Å²) in [6.07, 6.45) is 2.70. The van der Waals surface area contributed by atoms with Crippen molar-refractivity contribution in [2.24, 2.45) is 5.84 Å². The molecule has 0 saturated carbocycles. The zero-order chi connectivity index (χ0) is 13.0. The van der Waals surface area contributed by atoms with Crippen LogP contribution in [0.4, 0.5) is 5.82 Å². The highest BCUT2D eigenvalue weighted by Crippen LogP contribution is 2.02. The molecule has 1 amide bonds. The molecule has 4 N–H and O–H groups in total. The molecule has 0 radical (unpaired) electrons. The molecule has 0 atom stereocenters. The number of amides is 1. The van der Waals surface area contributed by atoms with E-state index in [1.165, 1.54) is 12.4 Å². The topological polar surface area (TPSA) is 119 Å². The Morgan fingerprint density at radius 2 is 2.28 bits per heavy atom. The second-order valence-electron chi connectivity index (χ2n) is 3.54. The number of nitrogen functional groups attached to an aromatic ring is 1. The van der Waals surface area contributed by atoms with Crippen LogP contribution < -0.4 is 16.6 Å². The number of anilines is 1. The van der Waals surface area contributed by atoms with E-state index < -0.39 is 0 Å². The van der Waals surface area contributed by atoms with Gasteiger partial charge in [-0.15, -0.1) is 0 Å². The fourth-order valence-electron chi connectivity index (χ4n) is 1.28. The first-order valence-electron chi connectivity index (χ1n) is 5.18. The predicted octanol–water partition coefficient (Wildman–Crippen LogP) is -0.0114. The number of aryl methyl sites for hydroxylation is 1. The predicted molar refractivity (Wildman–Crippen MR) is 62.3 cm³/mol. The molecule has 0 aliphatic heterocycles. The number of hydrazine groups is 1. The van der Waals surface area contributed by atoms with Crippen LogP contribution in [-0.2, 0) is 6.54 Å². The fraction of sp³-hybridized carbons (Fsp3) is 0.200. The van der Waals surface area contributed by atoms with E-state index in [1.54, 1.807) is 13.0 Å². The minimum absolute atomic E-state index is 0.203. The van der Waals surface area contributed by atoms with E-state index >= 15 is 0 Å². The molecule has 94 valence electrons. The molecule has 0 unspecified atom stereocenters. The van der Waals surface area contributed by atoms with Gasteiger partial charge in [-0.05, 0) is 6.92 Å². The summed E-state index contributed by atoms with van der Waals surface area (Å²) in [6, 6.07) is 1.74. The highest BCUT2D eigenvalue weighted by Gasteiger charge is 2.08. The minimum Gasteiger partial charge on any atom is -0.361 e. The third kappa shape index (κ3) is 2.80. The Balaban J connectivity index is 1.94. The zero-order valence-electron chi connectivity index (χ0n) is 9.67. The van der Waals surface area contributed by atoms with Gasteiger partial charge in [0, 0.05) is 6.07 Å². The Hall–Kier alpha value is -2.48. The van der Waals surface area contributed by atoms with Crippen LogP contribution in [-0.4, -0.2) is 21.0 Å². The smallest absolute Gasteiger partial charge is 0.271 e. The molecule has 2 rings (SSSR count). The van der Waals surface area contributed by atoms with Gasteiger partial charge in [0.15, 0.2) is 5.82 Å². The summed E-state index contributed by atoms with van der Waals surface area (Å²) in [6.45, 7) is 2.05. The number of carbonyl (C=O) groups is 1. The summed E-state index contributed by atoms with van der Waals surface area (Å²) >= 11 is 0. The van der Waals surface area contributed by atoms with E-state index in [4.69, 9.17) is 10.4 Å². The van der Waals surface area contributed by atoms with Crippen LogP contribution in [0.5, 0.6) is 0 Å². The quantitative estimate of drug-likeness (QED) is 0.514. The van der Waals surface area contributed by atoms with Crippen LogP contribution in [0, 0.1) is 6.92 Å². The maximum atomic E-state index is 11.7. The van der Waals surface area contributed by atoms with Crippen molar-refractivity contribution in [2.75, 3.05) is 5.43 Å². The average molecular weight is 248 g/mol. The third-order valence-electron chi connectivity index (χ3n) is 2.14. The summed E-state index contributed by atoms with van der Waals surface area (Å²) < 4.78 is 4.88. The van der Waals surface area contributed by atoms with Gasteiger partial charge in [0.05, 0.1) is 18.9 Å². The van der Waals surface area contributed by atoms with Crippen molar-refractivity contribution in [1.82, 2.24) is 20.4 Å². The van der Waals surface area contributed by atoms with E-state index in [1.807, 2.05) is 0 Å². The molecule has 8 heteroatoms. The van der Waals surface area contributed by atoms with Gasteiger partial charge in [-0.3, -0.25) is 4.79 Å². The van der Waals surface area contributed by atoms with Crippen molar-refractivity contribution < 1.29 is 9.32 Å². The third-order valence-corrected chi connectivity index (χ3v) is 2.14. The summed E-state index contributed by atoms with van der Waals surface area (Å²) in [7, 11) is 0. The lowest BCUT2D eigenvalue weighted by Gasteiger charge is -2.02. The largest absolute Gasteiger partial charge is 0.361 e.